The highest BCUT2D eigenvalue weighted by Gasteiger charge is 2.07. The number of rotatable bonds is 4. The van der Waals surface area contributed by atoms with Crippen molar-refractivity contribution in [2.24, 2.45) is 4.99 Å². The largest absolute Gasteiger partial charge is 0.485 e. The van der Waals surface area contributed by atoms with Crippen molar-refractivity contribution in [3.05, 3.63) is 58.2 Å². The molecule has 1 aliphatic rings. The minimum atomic E-state index is 0.426. The molecule has 5 heteroatoms. The highest BCUT2D eigenvalue weighted by molar-refractivity contribution is 9.11. The molecular weight excluding hydrogens is 294 g/mol. The van der Waals surface area contributed by atoms with Gasteiger partial charge in [0, 0.05) is 6.20 Å². The average molecular weight is 306 g/mol. The maximum Gasteiger partial charge on any atom is 0.162 e. The maximum atomic E-state index is 7.37. The Balaban J connectivity index is 2.05. The molecule has 4 nitrogen and oxygen atoms in total. The SMILES string of the molecule is N=C/C(OCc1ccccc1)=C1/C=NC(Br)=CN1. The summed E-state index contributed by atoms with van der Waals surface area (Å²) in [7, 11) is 0. The van der Waals surface area contributed by atoms with Crippen LogP contribution in [0.2, 0.25) is 0 Å². The number of hydrogen-bond acceptors (Lipinski definition) is 4. The highest BCUT2D eigenvalue weighted by Crippen LogP contribution is 2.12. The first-order chi connectivity index (χ1) is 8.79. The Hall–Kier alpha value is -1.88. The molecule has 0 fully saturated rings. The van der Waals surface area contributed by atoms with Crippen molar-refractivity contribution < 1.29 is 4.74 Å². The van der Waals surface area contributed by atoms with Crippen LogP contribution in [-0.2, 0) is 11.3 Å². The normalized spacial score (nSPS) is 16.6. The Morgan fingerprint density at radius 3 is 2.78 bits per heavy atom. The van der Waals surface area contributed by atoms with Crippen molar-refractivity contribution in [2.75, 3.05) is 0 Å². The lowest BCUT2D eigenvalue weighted by Gasteiger charge is -2.12. The third kappa shape index (κ3) is 3.30. The van der Waals surface area contributed by atoms with Crippen molar-refractivity contribution >= 4 is 28.4 Å². The van der Waals surface area contributed by atoms with E-state index in [9.17, 15) is 0 Å². The molecule has 1 aromatic rings. The molecule has 18 heavy (non-hydrogen) atoms. The van der Waals surface area contributed by atoms with Gasteiger partial charge in [-0.25, -0.2) is 4.99 Å². The molecule has 0 unspecified atom stereocenters. The zero-order valence-corrected chi connectivity index (χ0v) is 11.1. The quantitative estimate of drug-likeness (QED) is 0.510. The maximum absolute atomic E-state index is 7.37. The molecule has 1 aromatic carbocycles. The zero-order valence-electron chi connectivity index (χ0n) is 9.56. The summed E-state index contributed by atoms with van der Waals surface area (Å²) in [6.45, 7) is 0.426. The summed E-state index contributed by atoms with van der Waals surface area (Å²) in [6, 6.07) is 9.82. The smallest absolute Gasteiger partial charge is 0.162 e. The summed E-state index contributed by atoms with van der Waals surface area (Å²) in [6.07, 6.45) is 4.49. The number of nitrogens with zero attached hydrogens (tertiary/aromatic N) is 1. The molecule has 0 saturated carbocycles. The fraction of sp³-hybridized carbons (Fsp3) is 0.0769. The van der Waals surface area contributed by atoms with Crippen LogP contribution in [0.1, 0.15) is 5.56 Å². The van der Waals surface area contributed by atoms with Gasteiger partial charge in [0.1, 0.15) is 16.9 Å². The van der Waals surface area contributed by atoms with Crippen molar-refractivity contribution in [3.63, 3.8) is 0 Å². The van der Waals surface area contributed by atoms with E-state index in [4.69, 9.17) is 10.1 Å². The number of nitrogens with one attached hydrogen (secondary N) is 2. The molecule has 0 bridgehead atoms. The number of aliphatic imine (C=N–C) groups is 1. The molecule has 0 atom stereocenters. The second-order valence-electron chi connectivity index (χ2n) is 3.57. The van der Waals surface area contributed by atoms with Gasteiger partial charge < -0.3 is 15.5 Å². The van der Waals surface area contributed by atoms with Gasteiger partial charge in [0.05, 0.1) is 12.4 Å². The summed E-state index contributed by atoms with van der Waals surface area (Å²) in [4.78, 5) is 4.08. The van der Waals surface area contributed by atoms with Gasteiger partial charge in [-0.05, 0) is 21.5 Å². The van der Waals surface area contributed by atoms with Crippen LogP contribution in [0.15, 0.2) is 57.6 Å². The Morgan fingerprint density at radius 2 is 2.17 bits per heavy atom. The second-order valence-corrected chi connectivity index (χ2v) is 4.38. The van der Waals surface area contributed by atoms with E-state index in [2.05, 4.69) is 26.2 Å². The van der Waals surface area contributed by atoms with E-state index >= 15 is 0 Å². The van der Waals surface area contributed by atoms with E-state index in [0.717, 1.165) is 5.56 Å². The van der Waals surface area contributed by atoms with Crippen LogP contribution < -0.4 is 5.32 Å². The van der Waals surface area contributed by atoms with Gasteiger partial charge in [0.2, 0.25) is 0 Å². The van der Waals surface area contributed by atoms with Gasteiger partial charge in [0.15, 0.2) is 5.76 Å². The van der Waals surface area contributed by atoms with Crippen LogP contribution in [0.3, 0.4) is 0 Å². The molecule has 0 aromatic heterocycles. The summed E-state index contributed by atoms with van der Waals surface area (Å²) < 4.78 is 6.30. The third-order valence-corrected chi connectivity index (χ3v) is 2.73. The molecule has 0 radical (unpaired) electrons. The summed E-state index contributed by atoms with van der Waals surface area (Å²) in [5.41, 5.74) is 1.73. The van der Waals surface area contributed by atoms with Crippen LogP contribution in [-0.4, -0.2) is 12.4 Å². The average Bonchev–Trinajstić information content (AvgIpc) is 2.42. The van der Waals surface area contributed by atoms with E-state index in [1.807, 2.05) is 30.3 Å². The lowest BCUT2D eigenvalue weighted by Crippen LogP contribution is -2.15. The molecule has 1 aliphatic heterocycles. The molecule has 2 N–H and O–H groups in total. The van der Waals surface area contributed by atoms with Crippen molar-refractivity contribution in [1.82, 2.24) is 5.32 Å². The van der Waals surface area contributed by atoms with E-state index in [1.165, 1.54) is 6.21 Å². The number of allylic oxidation sites excluding steroid dienone is 2. The van der Waals surface area contributed by atoms with Gasteiger partial charge in [-0.3, -0.25) is 0 Å². The predicted octanol–water partition coefficient (Wildman–Crippen LogP) is 2.93. The van der Waals surface area contributed by atoms with Crippen LogP contribution >= 0.6 is 15.9 Å². The molecule has 0 spiro atoms. The number of hydrogen-bond donors (Lipinski definition) is 2. The molecule has 0 saturated heterocycles. The van der Waals surface area contributed by atoms with E-state index < -0.39 is 0 Å². The van der Waals surface area contributed by atoms with Gasteiger partial charge in [-0.15, -0.1) is 0 Å². The number of ether oxygens (including phenoxy) is 1. The lowest BCUT2D eigenvalue weighted by molar-refractivity contribution is 0.216. The predicted molar refractivity (Wildman–Crippen MR) is 75.7 cm³/mol. The molecular formula is C13H12BrN3O. The van der Waals surface area contributed by atoms with Gasteiger partial charge in [-0.2, -0.15) is 0 Å². The van der Waals surface area contributed by atoms with Crippen LogP contribution in [0.4, 0.5) is 0 Å². The molecule has 1 heterocycles. The van der Waals surface area contributed by atoms with E-state index in [-0.39, 0.29) is 0 Å². The van der Waals surface area contributed by atoms with Crippen molar-refractivity contribution in [2.45, 2.75) is 6.61 Å². The van der Waals surface area contributed by atoms with Gasteiger partial charge in [0.25, 0.3) is 0 Å². The van der Waals surface area contributed by atoms with Crippen LogP contribution in [0.25, 0.3) is 0 Å². The Morgan fingerprint density at radius 1 is 1.39 bits per heavy atom. The van der Waals surface area contributed by atoms with Crippen molar-refractivity contribution in [3.8, 4) is 0 Å². The standard InChI is InChI=1S/C13H12BrN3O/c14-13-8-16-11(7-17-13)12(6-15)18-9-10-4-2-1-3-5-10/h1-8,15-16H,9H2/b12-11+,15-6?. The number of benzene rings is 1. The van der Waals surface area contributed by atoms with E-state index in [1.54, 1.807) is 12.4 Å². The lowest BCUT2D eigenvalue weighted by atomic mass is 10.2. The van der Waals surface area contributed by atoms with Crippen LogP contribution in [0, 0.1) is 5.41 Å². The van der Waals surface area contributed by atoms with Gasteiger partial charge >= 0.3 is 0 Å². The monoisotopic (exact) mass is 305 g/mol. The molecule has 2 rings (SSSR count). The second kappa shape index (κ2) is 6.16. The number of halogens is 1. The van der Waals surface area contributed by atoms with Crippen molar-refractivity contribution in [1.29, 1.82) is 5.41 Å². The third-order valence-electron chi connectivity index (χ3n) is 2.30. The first-order valence-electron chi connectivity index (χ1n) is 5.37. The van der Waals surface area contributed by atoms with Gasteiger partial charge in [-0.1, -0.05) is 30.3 Å². The minimum Gasteiger partial charge on any atom is -0.485 e. The zero-order chi connectivity index (χ0) is 12.8. The summed E-state index contributed by atoms with van der Waals surface area (Å²) >= 11 is 3.24. The fourth-order valence-corrected chi connectivity index (χ4v) is 1.62. The van der Waals surface area contributed by atoms with Crippen LogP contribution in [0.5, 0.6) is 0 Å². The Bertz CT molecular complexity index is 520. The molecule has 0 amide bonds. The summed E-state index contributed by atoms with van der Waals surface area (Å²) in [5.74, 6) is 0.457. The van der Waals surface area contributed by atoms with E-state index in [0.29, 0.717) is 22.7 Å². The molecule has 0 aliphatic carbocycles. The first-order valence-corrected chi connectivity index (χ1v) is 6.16. The topological polar surface area (TPSA) is 57.5 Å². The Labute approximate surface area is 114 Å². The minimum absolute atomic E-state index is 0.426. The fourth-order valence-electron chi connectivity index (χ4n) is 1.41. The Kier molecular flexibility index (Phi) is 4.30. The first kappa shape index (κ1) is 12.6. The highest BCUT2D eigenvalue weighted by atomic mass is 79.9. The molecule has 92 valence electrons. The summed E-state index contributed by atoms with van der Waals surface area (Å²) in [5, 5.41) is 10.4.